The third-order valence-electron chi connectivity index (χ3n) is 3.88. The van der Waals surface area contributed by atoms with Crippen molar-refractivity contribution in [2.75, 3.05) is 20.6 Å². The minimum Gasteiger partial charge on any atom is -0.337 e. The molecule has 0 aliphatic heterocycles. The van der Waals surface area contributed by atoms with E-state index in [2.05, 4.69) is 61.8 Å². The smallest absolute Gasteiger partial charge is 0.142 e. The van der Waals surface area contributed by atoms with E-state index in [1.54, 1.807) is 0 Å². The molecule has 0 bridgehead atoms. The molecule has 3 nitrogen and oxygen atoms in total. The van der Waals surface area contributed by atoms with Gasteiger partial charge in [0, 0.05) is 23.6 Å². The molecule has 0 saturated carbocycles. The number of nitrogens with zero attached hydrogens (tertiary/aromatic N) is 2. The standard InChI is InChI=1S/C18H26N2O/c1-14(2)11-16(13-21)20-12-15(9-10-19(3)4)17-7-5-6-8-18(17)20/h5-8,12-14,16H,9-11H2,1-4H3. The molecule has 0 fully saturated rings. The minimum absolute atomic E-state index is 0.0667. The zero-order valence-electron chi connectivity index (χ0n) is 13.5. The van der Waals surface area contributed by atoms with Crippen LogP contribution in [-0.2, 0) is 11.2 Å². The number of rotatable bonds is 7. The Bertz CT molecular complexity index is 598. The Morgan fingerprint density at radius 2 is 1.95 bits per heavy atom. The summed E-state index contributed by atoms with van der Waals surface area (Å²) in [5.74, 6) is 0.506. The van der Waals surface area contributed by atoms with Gasteiger partial charge in [0.2, 0.25) is 0 Å². The van der Waals surface area contributed by atoms with Gasteiger partial charge in [0.25, 0.3) is 0 Å². The largest absolute Gasteiger partial charge is 0.337 e. The van der Waals surface area contributed by atoms with Crippen molar-refractivity contribution in [2.24, 2.45) is 5.92 Å². The molecule has 2 aromatic rings. The number of fused-ring (bicyclic) bond motifs is 1. The first-order valence-electron chi connectivity index (χ1n) is 7.71. The number of benzene rings is 1. The van der Waals surface area contributed by atoms with E-state index in [4.69, 9.17) is 0 Å². The number of hydrogen-bond donors (Lipinski definition) is 0. The number of aldehydes is 1. The van der Waals surface area contributed by atoms with E-state index in [1.807, 2.05) is 6.07 Å². The first-order chi connectivity index (χ1) is 10.0. The molecule has 114 valence electrons. The Kier molecular flexibility index (Phi) is 5.18. The lowest BCUT2D eigenvalue weighted by atomic mass is 10.0. The minimum atomic E-state index is -0.0667. The van der Waals surface area contributed by atoms with Crippen molar-refractivity contribution in [2.45, 2.75) is 32.7 Å². The zero-order valence-corrected chi connectivity index (χ0v) is 13.5. The number of carbonyl (C=O) groups excluding carboxylic acids is 1. The number of para-hydroxylation sites is 1. The van der Waals surface area contributed by atoms with Gasteiger partial charge in [-0.25, -0.2) is 0 Å². The molecule has 1 aromatic heterocycles. The summed E-state index contributed by atoms with van der Waals surface area (Å²) < 4.78 is 2.16. The fraction of sp³-hybridized carbons (Fsp3) is 0.500. The molecular formula is C18H26N2O. The summed E-state index contributed by atoms with van der Waals surface area (Å²) in [7, 11) is 4.18. The highest BCUT2D eigenvalue weighted by Gasteiger charge is 2.16. The molecule has 0 aliphatic carbocycles. The molecule has 0 amide bonds. The predicted octanol–water partition coefficient (Wildman–Crippen LogP) is 3.53. The van der Waals surface area contributed by atoms with Crippen LogP contribution >= 0.6 is 0 Å². The Hall–Kier alpha value is -1.61. The lowest BCUT2D eigenvalue weighted by Crippen LogP contribution is -2.15. The molecule has 21 heavy (non-hydrogen) atoms. The van der Waals surface area contributed by atoms with Crippen LogP contribution in [0.2, 0.25) is 0 Å². The maximum absolute atomic E-state index is 11.5. The number of carbonyl (C=O) groups is 1. The van der Waals surface area contributed by atoms with Crippen LogP contribution in [0.1, 0.15) is 31.9 Å². The number of hydrogen-bond acceptors (Lipinski definition) is 2. The fourth-order valence-corrected chi connectivity index (χ4v) is 2.81. The fourth-order valence-electron chi connectivity index (χ4n) is 2.81. The Balaban J connectivity index is 2.41. The first-order valence-corrected chi connectivity index (χ1v) is 7.71. The van der Waals surface area contributed by atoms with Gasteiger partial charge in [-0.3, -0.25) is 0 Å². The zero-order chi connectivity index (χ0) is 15.4. The van der Waals surface area contributed by atoms with Crippen LogP contribution in [0.25, 0.3) is 10.9 Å². The molecule has 3 heteroatoms. The van der Waals surface area contributed by atoms with Crippen LogP contribution in [0.4, 0.5) is 0 Å². The molecule has 2 rings (SSSR count). The average Bonchev–Trinajstić information content (AvgIpc) is 2.81. The van der Waals surface area contributed by atoms with E-state index < -0.39 is 0 Å². The molecule has 1 atom stereocenters. The lowest BCUT2D eigenvalue weighted by Gasteiger charge is -2.16. The molecule has 0 saturated heterocycles. The maximum atomic E-state index is 11.5. The van der Waals surface area contributed by atoms with E-state index >= 15 is 0 Å². The molecule has 1 aromatic carbocycles. The molecule has 0 N–H and O–H groups in total. The van der Waals surface area contributed by atoms with Crippen molar-refractivity contribution in [1.29, 1.82) is 0 Å². The summed E-state index contributed by atoms with van der Waals surface area (Å²) in [6.45, 7) is 5.34. The van der Waals surface area contributed by atoms with Gasteiger partial charge in [0.05, 0.1) is 6.04 Å². The van der Waals surface area contributed by atoms with Gasteiger partial charge in [-0.1, -0.05) is 32.0 Å². The van der Waals surface area contributed by atoms with Gasteiger partial charge < -0.3 is 14.3 Å². The average molecular weight is 286 g/mol. The van der Waals surface area contributed by atoms with Crippen LogP contribution < -0.4 is 0 Å². The topological polar surface area (TPSA) is 25.2 Å². The van der Waals surface area contributed by atoms with E-state index in [1.165, 1.54) is 16.5 Å². The van der Waals surface area contributed by atoms with E-state index in [0.29, 0.717) is 5.92 Å². The summed E-state index contributed by atoms with van der Waals surface area (Å²) in [6, 6.07) is 8.33. The van der Waals surface area contributed by atoms with Crippen molar-refractivity contribution < 1.29 is 4.79 Å². The molecular weight excluding hydrogens is 260 g/mol. The third-order valence-corrected chi connectivity index (χ3v) is 3.88. The summed E-state index contributed by atoms with van der Waals surface area (Å²) in [6.07, 6.45) is 5.15. The maximum Gasteiger partial charge on any atom is 0.142 e. The van der Waals surface area contributed by atoms with Crippen LogP contribution in [0.15, 0.2) is 30.5 Å². The molecule has 0 spiro atoms. The quantitative estimate of drug-likeness (QED) is 0.728. The highest BCUT2D eigenvalue weighted by molar-refractivity contribution is 5.85. The summed E-state index contributed by atoms with van der Waals surface area (Å²) in [4.78, 5) is 13.7. The highest BCUT2D eigenvalue weighted by atomic mass is 16.1. The Labute approximate surface area is 127 Å². The van der Waals surface area contributed by atoms with Gasteiger partial charge in [-0.2, -0.15) is 0 Å². The van der Waals surface area contributed by atoms with E-state index in [9.17, 15) is 4.79 Å². The van der Waals surface area contributed by atoms with Crippen molar-refractivity contribution in [3.63, 3.8) is 0 Å². The van der Waals surface area contributed by atoms with Crippen LogP contribution in [-0.4, -0.2) is 36.4 Å². The van der Waals surface area contributed by atoms with Crippen molar-refractivity contribution >= 4 is 17.2 Å². The van der Waals surface area contributed by atoms with Crippen molar-refractivity contribution in [1.82, 2.24) is 9.47 Å². The number of aromatic nitrogens is 1. The molecule has 1 heterocycles. The van der Waals surface area contributed by atoms with Crippen LogP contribution in [0.3, 0.4) is 0 Å². The van der Waals surface area contributed by atoms with Crippen molar-refractivity contribution in [3.05, 3.63) is 36.0 Å². The van der Waals surface area contributed by atoms with Gasteiger partial charge >= 0.3 is 0 Å². The normalized spacial score (nSPS) is 13.2. The van der Waals surface area contributed by atoms with E-state index in [0.717, 1.165) is 25.7 Å². The highest BCUT2D eigenvalue weighted by Crippen LogP contribution is 2.27. The molecule has 0 aliphatic rings. The molecule has 0 radical (unpaired) electrons. The Morgan fingerprint density at radius 1 is 1.24 bits per heavy atom. The lowest BCUT2D eigenvalue weighted by molar-refractivity contribution is -0.110. The third kappa shape index (κ3) is 3.73. The second-order valence-electron chi connectivity index (χ2n) is 6.47. The van der Waals surface area contributed by atoms with Crippen LogP contribution in [0, 0.1) is 5.92 Å². The van der Waals surface area contributed by atoms with Gasteiger partial charge in [-0.05, 0) is 44.5 Å². The summed E-state index contributed by atoms with van der Waals surface area (Å²) in [5, 5.41) is 1.27. The van der Waals surface area contributed by atoms with Gasteiger partial charge in [0.15, 0.2) is 0 Å². The Morgan fingerprint density at radius 3 is 2.57 bits per heavy atom. The summed E-state index contributed by atoms with van der Waals surface area (Å²) >= 11 is 0. The molecule has 1 unspecified atom stereocenters. The first kappa shape index (κ1) is 15.8. The SMILES string of the molecule is CC(C)CC(C=O)n1cc(CCN(C)C)c2ccccc21. The van der Waals surface area contributed by atoms with Crippen LogP contribution in [0.5, 0.6) is 0 Å². The monoisotopic (exact) mass is 286 g/mol. The second kappa shape index (κ2) is 6.90. The second-order valence-corrected chi connectivity index (χ2v) is 6.47. The van der Waals surface area contributed by atoms with E-state index in [-0.39, 0.29) is 6.04 Å². The summed E-state index contributed by atoms with van der Waals surface area (Å²) in [5.41, 5.74) is 2.50. The van der Waals surface area contributed by atoms with Gasteiger partial charge in [0.1, 0.15) is 6.29 Å². The predicted molar refractivity (Wildman–Crippen MR) is 88.8 cm³/mol. The van der Waals surface area contributed by atoms with Gasteiger partial charge in [-0.15, -0.1) is 0 Å². The van der Waals surface area contributed by atoms with Crippen molar-refractivity contribution in [3.8, 4) is 0 Å². The number of likely N-dealkylation sites (N-methyl/N-ethyl adjacent to an activating group) is 1.